The van der Waals surface area contributed by atoms with E-state index in [1.54, 1.807) is 12.1 Å². The summed E-state index contributed by atoms with van der Waals surface area (Å²) in [6, 6.07) is 5.39. The van der Waals surface area contributed by atoms with Gasteiger partial charge in [0.05, 0.1) is 5.02 Å². The van der Waals surface area contributed by atoms with Crippen molar-refractivity contribution in [2.24, 2.45) is 0 Å². The fourth-order valence-electron chi connectivity index (χ4n) is 2.50. The number of halogens is 2. The van der Waals surface area contributed by atoms with Crippen molar-refractivity contribution in [2.45, 2.75) is 46.1 Å². The number of aromatic nitrogens is 2. The summed E-state index contributed by atoms with van der Waals surface area (Å²) < 4.78 is 2.09. The Kier molecular flexibility index (Phi) is 4.54. The fraction of sp³-hybridized carbons (Fsp3) is 0.438. The molecule has 0 radical (unpaired) electrons. The summed E-state index contributed by atoms with van der Waals surface area (Å²) in [6.45, 7) is 8.50. The maximum absolute atomic E-state index is 6.37. The van der Waals surface area contributed by atoms with Crippen LogP contribution in [-0.4, -0.2) is 9.55 Å². The zero-order valence-corrected chi connectivity index (χ0v) is 14.4. The van der Waals surface area contributed by atoms with Crippen molar-refractivity contribution >= 4 is 29.0 Å². The van der Waals surface area contributed by atoms with Crippen molar-refractivity contribution in [3.05, 3.63) is 34.1 Å². The van der Waals surface area contributed by atoms with Crippen LogP contribution in [0, 0.1) is 0 Å². The monoisotopic (exact) mass is 325 g/mol. The van der Waals surface area contributed by atoms with Gasteiger partial charge >= 0.3 is 0 Å². The molecule has 0 aliphatic rings. The third-order valence-electron chi connectivity index (χ3n) is 3.31. The molecule has 0 aliphatic heterocycles. The molecule has 2 N–H and O–H groups in total. The Morgan fingerprint density at radius 3 is 2.43 bits per heavy atom. The maximum atomic E-state index is 6.37. The lowest BCUT2D eigenvalue weighted by Gasteiger charge is -2.25. The van der Waals surface area contributed by atoms with Gasteiger partial charge in [-0.1, -0.05) is 30.1 Å². The van der Waals surface area contributed by atoms with Crippen LogP contribution in [0.2, 0.25) is 10.0 Å². The molecule has 0 bridgehead atoms. The number of anilines is 1. The number of benzene rings is 1. The van der Waals surface area contributed by atoms with Crippen LogP contribution in [-0.2, 0) is 12.0 Å². The lowest BCUT2D eigenvalue weighted by atomic mass is 10.1. The molecule has 1 aromatic heterocycles. The van der Waals surface area contributed by atoms with Crippen molar-refractivity contribution in [1.29, 1.82) is 0 Å². The number of nitrogens with zero attached hydrogens (tertiary/aromatic N) is 2. The quantitative estimate of drug-likeness (QED) is 0.848. The summed E-state index contributed by atoms with van der Waals surface area (Å²) in [5.74, 6) is 1.64. The zero-order chi connectivity index (χ0) is 15.8. The molecule has 2 rings (SSSR count). The second kappa shape index (κ2) is 5.90. The van der Waals surface area contributed by atoms with Crippen molar-refractivity contribution in [2.75, 3.05) is 5.73 Å². The van der Waals surface area contributed by atoms with Crippen molar-refractivity contribution < 1.29 is 0 Å². The van der Waals surface area contributed by atoms with Crippen LogP contribution in [0.25, 0.3) is 11.3 Å². The van der Waals surface area contributed by atoms with Gasteiger partial charge in [0, 0.05) is 22.5 Å². The summed E-state index contributed by atoms with van der Waals surface area (Å²) in [6.07, 6.45) is 1.90. The molecule has 1 aromatic carbocycles. The first-order valence-electron chi connectivity index (χ1n) is 7.08. The van der Waals surface area contributed by atoms with E-state index in [1.807, 2.05) is 6.07 Å². The highest BCUT2D eigenvalue weighted by Crippen LogP contribution is 2.36. The smallest absolute Gasteiger partial charge is 0.132 e. The van der Waals surface area contributed by atoms with Crippen molar-refractivity contribution in [3.63, 3.8) is 0 Å². The summed E-state index contributed by atoms with van der Waals surface area (Å²) in [7, 11) is 0. The first-order chi connectivity index (χ1) is 9.75. The maximum Gasteiger partial charge on any atom is 0.132 e. The van der Waals surface area contributed by atoms with Gasteiger partial charge in [0.15, 0.2) is 0 Å². The molecule has 3 nitrogen and oxygen atoms in total. The number of nitrogen functional groups attached to an aromatic ring is 1. The molecule has 2 aromatic rings. The van der Waals surface area contributed by atoms with E-state index in [1.165, 1.54) is 0 Å². The minimum Gasteiger partial charge on any atom is -0.383 e. The van der Waals surface area contributed by atoms with Gasteiger partial charge in [-0.05, 0) is 45.4 Å². The number of nitrogens with two attached hydrogens (primary N) is 1. The van der Waals surface area contributed by atoms with E-state index in [9.17, 15) is 0 Å². The molecule has 0 atom stereocenters. The number of rotatable bonds is 3. The summed E-state index contributed by atoms with van der Waals surface area (Å²) in [4.78, 5) is 4.74. The van der Waals surface area contributed by atoms with Gasteiger partial charge in [-0.3, -0.25) is 0 Å². The number of hydrogen-bond donors (Lipinski definition) is 1. The van der Waals surface area contributed by atoms with Gasteiger partial charge in [0.2, 0.25) is 0 Å². The van der Waals surface area contributed by atoms with Crippen LogP contribution in [0.5, 0.6) is 0 Å². The molecule has 114 valence electrons. The highest BCUT2D eigenvalue weighted by atomic mass is 35.5. The predicted octanol–water partition coefficient (Wildman–Crippen LogP) is 5.15. The third-order valence-corrected chi connectivity index (χ3v) is 3.86. The third kappa shape index (κ3) is 3.19. The van der Waals surface area contributed by atoms with E-state index in [4.69, 9.17) is 33.9 Å². The van der Waals surface area contributed by atoms with E-state index in [0.29, 0.717) is 15.9 Å². The fourth-order valence-corrected chi connectivity index (χ4v) is 3.00. The lowest BCUT2D eigenvalue weighted by Crippen LogP contribution is -2.25. The van der Waals surface area contributed by atoms with Crippen LogP contribution < -0.4 is 5.73 Å². The van der Waals surface area contributed by atoms with Gasteiger partial charge in [-0.2, -0.15) is 0 Å². The molecule has 0 saturated heterocycles. The van der Waals surface area contributed by atoms with Crippen LogP contribution in [0.15, 0.2) is 18.2 Å². The molecule has 0 fully saturated rings. The average molecular weight is 326 g/mol. The molecule has 5 heteroatoms. The highest BCUT2D eigenvalue weighted by Gasteiger charge is 2.24. The number of aryl methyl sites for hydroxylation is 1. The molecule has 21 heavy (non-hydrogen) atoms. The van der Waals surface area contributed by atoms with Gasteiger partial charge in [0.1, 0.15) is 17.3 Å². The topological polar surface area (TPSA) is 43.8 Å². The van der Waals surface area contributed by atoms with Gasteiger partial charge in [-0.25, -0.2) is 4.98 Å². The van der Waals surface area contributed by atoms with Gasteiger partial charge in [-0.15, -0.1) is 0 Å². The average Bonchev–Trinajstić information content (AvgIpc) is 2.66. The SMILES string of the molecule is CCCc1nc(-c2ccc(Cl)cc2Cl)c(N)n1C(C)(C)C. The lowest BCUT2D eigenvalue weighted by molar-refractivity contribution is 0.387. The minimum atomic E-state index is -0.126. The summed E-state index contributed by atoms with van der Waals surface area (Å²) >= 11 is 12.3. The van der Waals surface area contributed by atoms with Crippen LogP contribution in [0.3, 0.4) is 0 Å². The second-order valence-corrected chi connectivity index (χ2v) is 6.99. The Morgan fingerprint density at radius 1 is 1.24 bits per heavy atom. The molecular weight excluding hydrogens is 305 g/mol. The molecule has 0 amide bonds. The normalized spacial score (nSPS) is 11.9. The second-order valence-electron chi connectivity index (χ2n) is 6.14. The molecule has 1 heterocycles. The summed E-state index contributed by atoms with van der Waals surface area (Å²) in [5.41, 5.74) is 7.79. The van der Waals surface area contributed by atoms with E-state index < -0.39 is 0 Å². The Hall–Kier alpha value is -1.19. The Balaban J connectivity index is 2.65. The van der Waals surface area contributed by atoms with E-state index in [2.05, 4.69) is 32.3 Å². The van der Waals surface area contributed by atoms with Crippen LogP contribution in [0.1, 0.15) is 39.9 Å². The largest absolute Gasteiger partial charge is 0.383 e. The summed E-state index contributed by atoms with van der Waals surface area (Å²) in [5, 5.41) is 1.17. The highest BCUT2D eigenvalue weighted by molar-refractivity contribution is 6.36. The first kappa shape index (κ1) is 16.2. The van der Waals surface area contributed by atoms with Crippen molar-refractivity contribution in [3.8, 4) is 11.3 Å². The van der Waals surface area contributed by atoms with E-state index in [0.717, 1.165) is 29.9 Å². The predicted molar refractivity (Wildman–Crippen MR) is 91.1 cm³/mol. The Bertz CT molecular complexity index is 654. The van der Waals surface area contributed by atoms with E-state index >= 15 is 0 Å². The molecular formula is C16H21Cl2N3. The molecule has 0 spiro atoms. The molecule has 0 aliphatic carbocycles. The minimum absolute atomic E-state index is 0.126. The zero-order valence-electron chi connectivity index (χ0n) is 12.9. The number of hydrogen-bond acceptors (Lipinski definition) is 2. The van der Waals surface area contributed by atoms with E-state index in [-0.39, 0.29) is 5.54 Å². The first-order valence-corrected chi connectivity index (χ1v) is 7.84. The van der Waals surface area contributed by atoms with Crippen molar-refractivity contribution in [1.82, 2.24) is 9.55 Å². The van der Waals surface area contributed by atoms with Crippen LogP contribution >= 0.6 is 23.2 Å². The van der Waals surface area contributed by atoms with Crippen LogP contribution in [0.4, 0.5) is 5.82 Å². The number of imidazole rings is 1. The molecule has 0 unspecified atom stereocenters. The standard InChI is InChI=1S/C16H21Cl2N3/c1-5-6-13-20-14(15(19)21(13)16(2,3)4)11-8-7-10(17)9-12(11)18/h7-9H,5-6,19H2,1-4H3. The Labute approximate surface area is 136 Å². The van der Waals surface area contributed by atoms with Gasteiger partial charge in [0.25, 0.3) is 0 Å². The van der Waals surface area contributed by atoms with Gasteiger partial charge < -0.3 is 10.3 Å². The molecule has 0 saturated carbocycles. The Morgan fingerprint density at radius 2 is 1.90 bits per heavy atom.